The molecule has 108 valence electrons. The molecule has 1 atom stereocenters. The van der Waals surface area contributed by atoms with Gasteiger partial charge in [0.05, 0.1) is 0 Å². The Morgan fingerprint density at radius 1 is 1.25 bits per heavy atom. The molecule has 2 rings (SSSR count). The summed E-state index contributed by atoms with van der Waals surface area (Å²) in [5, 5.41) is 7.64. The lowest BCUT2D eigenvalue weighted by Crippen LogP contribution is -2.22. The summed E-state index contributed by atoms with van der Waals surface area (Å²) in [5.41, 5.74) is 4.60. The molecule has 1 unspecified atom stereocenters. The van der Waals surface area contributed by atoms with Crippen molar-refractivity contribution in [1.29, 1.82) is 0 Å². The number of aromatic nitrogens is 2. The topological polar surface area (TPSA) is 37.8 Å². The smallest absolute Gasteiger partial charge is 0.160 e. The van der Waals surface area contributed by atoms with Crippen LogP contribution in [-0.2, 0) is 0 Å². The number of hydrogen-bond donors (Lipinski definition) is 1. The summed E-state index contributed by atoms with van der Waals surface area (Å²) in [6.07, 6.45) is 1.16. The van der Waals surface area contributed by atoms with Gasteiger partial charge in [-0.3, -0.25) is 0 Å². The second-order valence-corrected chi connectivity index (χ2v) is 6.03. The summed E-state index contributed by atoms with van der Waals surface area (Å²) in [4.78, 5) is 9.39. The lowest BCUT2D eigenvalue weighted by atomic mass is 9.97. The molecule has 0 fully saturated rings. The van der Waals surface area contributed by atoms with Crippen LogP contribution in [0.2, 0.25) is 0 Å². The molecule has 0 aromatic carbocycles. The molecule has 0 aliphatic carbocycles. The van der Waals surface area contributed by atoms with E-state index in [1.54, 1.807) is 11.3 Å². The second kappa shape index (κ2) is 6.95. The van der Waals surface area contributed by atoms with E-state index in [1.807, 2.05) is 0 Å². The number of rotatable bonds is 6. The number of hydrogen-bond acceptors (Lipinski definition) is 4. The van der Waals surface area contributed by atoms with E-state index in [1.165, 1.54) is 5.56 Å². The fourth-order valence-corrected chi connectivity index (χ4v) is 3.19. The van der Waals surface area contributed by atoms with Gasteiger partial charge >= 0.3 is 0 Å². The van der Waals surface area contributed by atoms with E-state index in [9.17, 15) is 0 Å². The maximum Gasteiger partial charge on any atom is 0.160 e. The zero-order chi connectivity index (χ0) is 14.5. The standard InChI is InChI=1S/C16H23N3S/c1-5-7-17-9-11(2)15-12(3)18-16(19-13(15)4)14-6-8-20-10-14/h6,8,10-11,17H,5,7,9H2,1-4H3. The van der Waals surface area contributed by atoms with Gasteiger partial charge in [0.2, 0.25) is 0 Å². The largest absolute Gasteiger partial charge is 0.316 e. The van der Waals surface area contributed by atoms with Crippen molar-refractivity contribution >= 4 is 11.3 Å². The summed E-state index contributed by atoms with van der Waals surface area (Å²) in [7, 11) is 0. The van der Waals surface area contributed by atoms with Gasteiger partial charge in [0.1, 0.15) is 0 Å². The van der Waals surface area contributed by atoms with Crippen LogP contribution in [0.5, 0.6) is 0 Å². The van der Waals surface area contributed by atoms with E-state index in [-0.39, 0.29) is 0 Å². The van der Waals surface area contributed by atoms with Gasteiger partial charge in [-0.2, -0.15) is 11.3 Å². The Hall–Kier alpha value is -1.26. The van der Waals surface area contributed by atoms with Gasteiger partial charge < -0.3 is 5.32 Å². The van der Waals surface area contributed by atoms with Crippen LogP contribution >= 0.6 is 11.3 Å². The number of aryl methyl sites for hydroxylation is 2. The van der Waals surface area contributed by atoms with Gasteiger partial charge in [0.15, 0.2) is 5.82 Å². The Bertz CT molecular complexity index is 526. The highest BCUT2D eigenvalue weighted by molar-refractivity contribution is 7.08. The van der Waals surface area contributed by atoms with Gasteiger partial charge in [0.25, 0.3) is 0 Å². The van der Waals surface area contributed by atoms with Crippen LogP contribution < -0.4 is 5.32 Å². The third-order valence-electron chi connectivity index (χ3n) is 3.48. The minimum absolute atomic E-state index is 0.443. The highest BCUT2D eigenvalue weighted by Gasteiger charge is 2.15. The number of nitrogens with zero attached hydrogens (tertiary/aromatic N) is 2. The van der Waals surface area contributed by atoms with Crippen LogP contribution in [0.25, 0.3) is 11.4 Å². The van der Waals surface area contributed by atoms with Crippen LogP contribution in [0.3, 0.4) is 0 Å². The molecule has 0 aliphatic rings. The molecule has 20 heavy (non-hydrogen) atoms. The second-order valence-electron chi connectivity index (χ2n) is 5.25. The van der Waals surface area contributed by atoms with E-state index in [0.717, 1.165) is 42.3 Å². The minimum atomic E-state index is 0.443. The first-order valence-electron chi connectivity index (χ1n) is 7.22. The molecule has 2 aromatic heterocycles. The fourth-order valence-electron chi connectivity index (χ4n) is 2.56. The van der Waals surface area contributed by atoms with Crippen molar-refractivity contribution in [3.63, 3.8) is 0 Å². The predicted molar refractivity (Wildman–Crippen MR) is 86.4 cm³/mol. The number of nitrogens with one attached hydrogen (secondary N) is 1. The van der Waals surface area contributed by atoms with Crippen molar-refractivity contribution in [2.24, 2.45) is 0 Å². The maximum atomic E-state index is 4.69. The van der Waals surface area contributed by atoms with Crippen molar-refractivity contribution in [1.82, 2.24) is 15.3 Å². The first kappa shape index (κ1) is 15.1. The monoisotopic (exact) mass is 289 g/mol. The zero-order valence-corrected chi connectivity index (χ0v) is 13.5. The average molecular weight is 289 g/mol. The molecule has 0 saturated carbocycles. The zero-order valence-electron chi connectivity index (χ0n) is 12.7. The average Bonchev–Trinajstić information content (AvgIpc) is 2.92. The van der Waals surface area contributed by atoms with Gasteiger partial charge in [-0.15, -0.1) is 0 Å². The van der Waals surface area contributed by atoms with Crippen molar-refractivity contribution in [3.05, 3.63) is 33.8 Å². The summed E-state index contributed by atoms with van der Waals surface area (Å²) in [5.74, 6) is 1.29. The van der Waals surface area contributed by atoms with Crippen LogP contribution in [0.4, 0.5) is 0 Å². The van der Waals surface area contributed by atoms with E-state index >= 15 is 0 Å². The van der Waals surface area contributed by atoms with Crippen LogP contribution in [0.1, 0.15) is 43.1 Å². The first-order valence-corrected chi connectivity index (χ1v) is 8.16. The molecule has 0 saturated heterocycles. The first-order chi connectivity index (χ1) is 9.63. The summed E-state index contributed by atoms with van der Waals surface area (Å²) >= 11 is 1.68. The summed E-state index contributed by atoms with van der Waals surface area (Å²) < 4.78 is 0. The SMILES string of the molecule is CCCNCC(C)c1c(C)nc(-c2ccsc2)nc1C. The Balaban J connectivity index is 2.22. The maximum absolute atomic E-state index is 4.69. The Kier molecular flexibility index (Phi) is 5.26. The Labute approximate surface area is 125 Å². The highest BCUT2D eigenvalue weighted by atomic mass is 32.1. The van der Waals surface area contributed by atoms with Crippen molar-refractivity contribution in [2.45, 2.75) is 40.0 Å². The quantitative estimate of drug-likeness (QED) is 0.819. The third kappa shape index (κ3) is 3.44. The Morgan fingerprint density at radius 3 is 2.50 bits per heavy atom. The summed E-state index contributed by atoms with van der Waals surface area (Å²) in [6, 6.07) is 2.07. The summed E-state index contributed by atoms with van der Waals surface area (Å²) in [6.45, 7) is 10.7. The molecule has 3 nitrogen and oxygen atoms in total. The van der Waals surface area contributed by atoms with Crippen LogP contribution in [0.15, 0.2) is 16.8 Å². The van der Waals surface area contributed by atoms with Crippen LogP contribution in [0, 0.1) is 13.8 Å². The molecule has 1 N–H and O–H groups in total. The normalized spacial score (nSPS) is 12.6. The lowest BCUT2D eigenvalue weighted by Gasteiger charge is -2.17. The van der Waals surface area contributed by atoms with Crippen molar-refractivity contribution in [2.75, 3.05) is 13.1 Å². The van der Waals surface area contributed by atoms with Gasteiger partial charge in [-0.25, -0.2) is 9.97 Å². The minimum Gasteiger partial charge on any atom is -0.316 e. The van der Waals surface area contributed by atoms with E-state index in [2.05, 4.69) is 49.8 Å². The highest BCUT2D eigenvalue weighted by Crippen LogP contribution is 2.25. The molecular formula is C16H23N3S. The molecule has 0 amide bonds. The molecule has 0 bridgehead atoms. The van der Waals surface area contributed by atoms with E-state index in [4.69, 9.17) is 9.97 Å². The molecule has 0 spiro atoms. The molecule has 0 radical (unpaired) electrons. The molecule has 2 aromatic rings. The molecule has 4 heteroatoms. The lowest BCUT2D eigenvalue weighted by molar-refractivity contribution is 0.601. The molecule has 2 heterocycles. The van der Waals surface area contributed by atoms with Gasteiger partial charge in [0, 0.05) is 28.9 Å². The van der Waals surface area contributed by atoms with E-state index < -0.39 is 0 Å². The molecule has 0 aliphatic heterocycles. The fraction of sp³-hybridized carbons (Fsp3) is 0.500. The molecular weight excluding hydrogens is 266 g/mol. The van der Waals surface area contributed by atoms with Crippen molar-refractivity contribution < 1.29 is 0 Å². The van der Waals surface area contributed by atoms with Crippen LogP contribution in [-0.4, -0.2) is 23.1 Å². The van der Waals surface area contributed by atoms with Gasteiger partial charge in [-0.1, -0.05) is 13.8 Å². The third-order valence-corrected chi connectivity index (χ3v) is 4.16. The number of thiophene rings is 1. The predicted octanol–water partition coefficient (Wildman–Crippen LogP) is 3.93. The Morgan fingerprint density at radius 2 is 1.95 bits per heavy atom. The van der Waals surface area contributed by atoms with Gasteiger partial charge in [-0.05, 0) is 49.7 Å². The van der Waals surface area contributed by atoms with E-state index in [0.29, 0.717) is 5.92 Å². The van der Waals surface area contributed by atoms with Crippen molar-refractivity contribution in [3.8, 4) is 11.4 Å².